The molecule has 2 amide bonds. The summed E-state index contributed by atoms with van der Waals surface area (Å²) in [7, 11) is 1.39. The highest BCUT2D eigenvalue weighted by atomic mass is 35.5. The van der Waals surface area contributed by atoms with Crippen LogP contribution in [0.25, 0.3) is 0 Å². The van der Waals surface area contributed by atoms with Crippen LogP contribution in [-0.4, -0.2) is 36.3 Å². The lowest BCUT2D eigenvalue weighted by atomic mass is 10.0. The monoisotopic (exact) mass is 346 g/mol. The van der Waals surface area contributed by atoms with Gasteiger partial charge in [-0.1, -0.05) is 11.6 Å². The second-order valence-electron chi connectivity index (χ2n) is 5.03. The molecule has 0 aliphatic carbocycles. The van der Waals surface area contributed by atoms with Crippen LogP contribution in [-0.2, 0) is 4.79 Å². The molecule has 2 N–H and O–H groups in total. The fourth-order valence-corrected chi connectivity index (χ4v) is 2.00. The molecule has 0 spiro atoms. The highest BCUT2D eigenvalue weighted by molar-refractivity contribution is 6.30. The van der Waals surface area contributed by atoms with Crippen molar-refractivity contribution in [2.24, 2.45) is 5.73 Å². The maximum Gasteiger partial charge on any atom is 0.331 e. The zero-order chi connectivity index (χ0) is 17.7. The number of carbonyl (C=O) groups is 3. The van der Waals surface area contributed by atoms with Crippen LogP contribution in [0.15, 0.2) is 48.5 Å². The molecule has 124 valence electrons. The third-order valence-corrected chi connectivity index (χ3v) is 3.45. The topological polar surface area (TPSA) is 89.7 Å². The van der Waals surface area contributed by atoms with Gasteiger partial charge < -0.3 is 15.4 Å². The SMILES string of the molecule is CN(CC(=O)Oc1ccc(C(=O)c2ccc(Cl)cc2)cc1)C(N)=O. The summed E-state index contributed by atoms with van der Waals surface area (Å²) in [6.45, 7) is -0.263. The molecule has 0 saturated heterocycles. The molecule has 2 aromatic carbocycles. The minimum Gasteiger partial charge on any atom is -0.425 e. The molecule has 0 unspecified atom stereocenters. The fourth-order valence-electron chi connectivity index (χ4n) is 1.88. The van der Waals surface area contributed by atoms with Gasteiger partial charge in [-0.3, -0.25) is 4.79 Å². The quantitative estimate of drug-likeness (QED) is 0.511. The van der Waals surface area contributed by atoms with Gasteiger partial charge in [0.15, 0.2) is 5.78 Å². The Morgan fingerprint density at radius 1 is 1.00 bits per heavy atom. The van der Waals surface area contributed by atoms with E-state index in [0.29, 0.717) is 16.1 Å². The van der Waals surface area contributed by atoms with Crippen molar-refractivity contribution >= 4 is 29.4 Å². The van der Waals surface area contributed by atoms with Crippen LogP contribution in [0.3, 0.4) is 0 Å². The molecule has 0 aromatic heterocycles. The van der Waals surface area contributed by atoms with E-state index in [9.17, 15) is 14.4 Å². The van der Waals surface area contributed by atoms with Crippen LogP contribution in [0, 0.1) is 0 Å². The number of primary amides is 1. The maximum atomic E-state index is 12.3. The molecule has 6 nitrogen and oxygen atoms in total. The van der Waals surface area contributed by atoms with Crippen molar-refractivity contribution in [2.45, 2.75) is 0 Å². The van der Waals surface area contributed by atoms with E-state index in [1.165, 1.54) is 19.2 Å². The van der Waals surface area contributed by atoms with Gasteiger partial charge in [0.25, 0.3) is 0 Å². The van der Waals surface area contributed by atoms with Crippen LogP contribution in [0.1, 0.15) is 15.9 Å². The van der Waals surface area contributed by atoms with Crippen LogP contribution in [0.5, 0.6) is 5.75 Å². The molecular formula is C17H15ClN2O4. The third kappa shape index (κ3) is 4.57. The lowest BCUT2D eigenvalue weighted by Crippen LogP contribution is -2.37. The zero-order valence-electron chi connectivity index (χ0n) is 12.9. The number of halogens is 1. The Morgan fingerprint density at radius 2 is 1.50 bits per heavy atom. The summed E-state index contributed by atoms with van der Waals surface area (Å²) in [6.07, 6.45) is 0. The largest absolute Gasteiger partial charge is 0.425 e. The Bertz CT molecular complexity index is 757. The van der Waals surface area contributed by atoms with E-state index in [2.05, 4.69) is 0 Å². The molecule has 0 saturated carbocycles. The number of esters is 1. The predicted octanol–water partition coefficient (Wildman–Crippen LogP) is 2.49. The van der Waals surface area contributed by atoms with Crippen LogP contribution < -0.4 is 10.5 Å². The minimum atomic E-state index is -0.726. The molecule has 7 heteroatoms. The molecule has 2 aromatic rings. The highest BCUT2D eigenvalue weighted by Crippen LogP contribution is 2.17. The van der Waals surface area contributed by atoms with E-state index >= 15 is 0 Å². The smallest absolute Gasteiger partial charge is 0.331 e. The lowest BCUT2D eigenvalue weighted by molar-refractivity contribution is -0.134. The maximum absolute atomic E-state index is 12.3. The number of amides is 2. The molecule has 0 aliphatic heterocycles. The van der Waals surface area contributed by atoms with Gasteiger partial charge in [0.2, 0.25) is 0 Å². The summed E-state index contributed by atoms with van der Waals surface area (Å²) >= 11 is 5.79. The van der Waals surface area contributed by atoms with E-state index in [1.54, 1.807) is 36.4 Å². The number of ketones is 1. The van der Waals surface area contributed by atoms with Crippen molar-refractivity contribution in [3.05, 3.63) is 64.7 Å². The van der Waals surface area contributed by atoms with Crippen molar-refractivity contribution in [3.8, 4) is 5.75 Å². The molecule has 0 heterocycles. The summed E-state index contributed by atoms with van der Waals surface area (Å²) in [5, 5.41) is 0.551. The van der Waals surface area contributed by atoms with Crippen LogP contribution >= 0.6 is 11.6 Å². The number of nitrogens with two attached hydrogens (primary N) is 1. The summed E-state index contributed by atoms with van der Waals surface area (Å²) in [5.74, 6) is -0.531. The lowest BCUT2D eigenvalue weighted by Gasteiger charge is -2.13. The predicted molar refractivity (Wildman–Crippen MR) is 89.2 cm³/mol. The number of rotatable bonds is 5. The first-order valence-electron chi connectivity index (χ1n) is 6.98. The van der Waals surface area contributed by atoms with Gasteiger partial charge in [0, 0.05) is 23.2 Å². The van der Waals surface area contributed by atoms with Crippen molar-refractivity contribution in [2.75, 3.05) is 13.6 Å². The molecule has 0 bridgehead atoms. The molecule has 0 atom stereocenters. The van der Waals surface area contributed by atoms with E-state index < -0.39 is 12.0 Å². The van der Waals surface area contributed by atoms with E-state index in [1.807, 2.05) is 0 Å². The van der Waals surface area contributed by atoms with Gasteiger partial charge in [0.05, 0.1) is 0 Å². The number of likely N-dealkylation sites (N-methyl/N-ethyl adjacent to an activating group) is 1. The van der Waals surface area contributed by atoms with Crippen molar-refractivity contribution in [3.63, 3.8) is 0 Å². The average Bonchev–Trinajstić information content (AvgIpc) is 2.55. The second kappa shape index (κ2) is 7.61. The molecule has 0 fully saturated rings. The molecule has 2 rings (SSSR count). The van der Waals surface area contributed by atoms with Gasteiger partial charge in [0.1, 0.15) is 12.3 Å². The van der Waals surface area contributed by atoms with Crippen molar-refractivity contribution in [1.29, 1.82) is 0 Å². The van der Waals surface area contributed by atoms with Crippen molar-refractivity contribution in [1.82, 2.24) is 4.90 Å². The number of urea groups is 1. The first kappa shape index (κ1) is 17.5. The van der Waals surface area contributed by atoms with E-state index in [4.69, 9.17) is 22.1 Å². The summed E-state index contributed by atoms with van der Waals surface area (Å²) in [6, 6.07) is 11.9. The zero-order valence-corrected chi connectivity index (χ0v) is 13.6. The molecule has 0 aliphatic rings. The third-order valence-electron chi connectivity index (χ3n) is 3.20. The standard InChI is InChI=1S/C17H15ClN2O4/c1-20(17(19)23)10-15(21)24-14-8-4-12(5-9-14)16(22)11-2-6-13(18)7-3-11/h2-9H,10H2,1H3,(H2,19,23). The Kier molecular flexibility index (Phi) is 5.55. The highest BCUT2D eigenvalue weighted by Gasteiger charge is 2.13. The molecular weight excluding hydrogens is 332 g/mol. The first-order chi connectivity index (χ1) is 11.4. The Morgan fingerprint density at radius 3 is 2.00 bits per heavy atom. The van der Waals surface area contributed by atoms with Crippen LogP contribution in [0.2, 0.25) is 5.02 Å². The number of benzene rings is 2. The second-order valence-corrected chi connectivity index (χ2v) is 5.47. The normalized spacial score (nSPS) is 10.1. The first-order valence-corrected chi connectivity index (χ1v) is 7.36. The number of ether oxygens (including phenoxy) is 1. The van der Waals surface area contributed by atoms with Gasteiger partial charge in [-0.05, 0) is 48.5 Å². The molecule has 24 heavy (non-hydrogen) atoms. The van der Waals surface area contributed by atoms with E-state index in [0.717, 1.165) is 4.90 Å². The van der Waals surface area contributed by atoms with Crippen molar-refractivity contribution < 1.29 is 19.1 Å². The number of hydrogen-bond donors (Lipinski definition) is 1. The van der Waals surface area contributed by atoms with Gasteiger partial charge in [-0.15, -0.1) is 0 Å². The fraction of sp³-hybridized carbons (Fsp3) is 0.118. The number of nitrogens with zero attached hydrogens (tertiary/aromatic N) is 1. The minimum absolute atomic E-state index is 0.169. The summed E-state index contributed by atoms with van der Waals surface area (Å²) in [4.78, 5) is 35.8. The van der Waals surface area contributed by atoms with E-state index in [-0.39, 0.29) is 18.1 Å². The molecule has 0 radical (unpaired) electrons. The number of carbonyl (C=O) groups excluding carboxylic acids is 3. The Labute approximate surface area is 143 Å². The Hall–Kier alpha value is -2.86. The van der Waals surface area contributed by atoms with Gasteiger partial charge in [-0.25, -0.2) is 9.59 Å². The summed E-state index contributed by atoms with van der Waals surface area (Å²) in [5.41, 5.74) is 5.99. The average molecular weight is 347 g/mol. The summed E-state index contributed by atoms with van der Waals surface area (Å²) < 4.78 is 5.07. The Balaban J connectivity index is 2.02. The van der Waals surface area contributed by atoms with Gasteiger partial charge >= 0.3 is 12.0 Å². The van der Waals surface area contributed by atoms with Gasteiger partial charge in [-0.2, -0.15) is 0 Å². The van der Waals surface area contributed by atoms with Crippen LogP contribution in [0.4, 0.5) is 4.79 Å². The number of hydrogen-bond acceptors (Lipinski definition) is 4.